The first-order valence-electron chi connectivity index (χ1n) is 5.51. The summed E-state index contributed by atoms with van der Waals surface area (Å²) in [7, 11) is 1.46. The molecule has 1 saturated heterocycles. The zero-order chi connectivity index (χ0) is 10.6. The molecule has 3 heteroatoms. The molecule has 0 N–H and O–H groups in total. The molecule has 0 aromatic carbocycles. The minimum atomic E-state index is -0.109. The SMILES string of the molecule is CCCC1CCN(C(C)C(=O)OC)C1. The molecule has 0 radical (unpaired) electrons. The second-order valence-corrected chi connectivity index (χ2v) is 4.14. The van der Waals surface area contributed by atoms with Crippen molar-refractivity contribution in [1.82, 2.24) is 4.90 Å². The minimum Gasteiger partial charge on any atom is -0.468 e. The van der Waals surface area contributed by atoms with Crippen LogP contribution in [0.5, 0.6) is 0 Å². The van der Waals surface area contributed by atoms with Crippen molar-refractivity contribution in [2.75, 3.05) is 20.2 Å². The van der Waals surface area contributed by atoms with Crippen LogP contribution in [0.4, 0.5) is 0 Å². The summed E-state index contributed by atoms with van der Waals surface area (Å²) in [6.07, 6.45) is 3.75. The molecule has 3 nitrogen and oxygen atoms in total. The second kappa shape index (κ2) is 5.35. The summed E-state index contributed by atoms with van der Waals surface area (Å²) >= 11 is 0. The van der Waals surface area contributed by atoms with Gasteiger partial charge in [0.15, 0.2) is 0 Å². The van der Waals surface area contributed by atoms with Crippen LogP contribution in [0.2, 0.25) is 0 Å². The molecule has 1 rings (SSSR count). The highest BCUT2D eigenvalue weighted by Gasteiger charge is 2.29. The molecule has 0 bridgehead atoms. The maximum atomic E-state index is 11.3. The van der Waals surface area contributed by atoms with Gasteiger partial charge >= 0.3 is 5.97 Å². The molecule has 1 aliphatic heterocycles. The molecule has 1 fully saturated rings. The van der Waals surface area contributed by atoms with E-state index in [9.17, 15) is 4.79 Å². The van der Waals surface area contributed by atoms with E-state index in [1.807, 2.05) is 6.92 Å². The third kappa shape index (κ3) is 2.71. The van der Waals surface area contributed by atoms with Crippen LogP contribution in [0, 0.1) is 5.92 Å². The van der Waals surface area contributed by atoms with Gasteiger partial charge in [0, 0.05) is 6.54 Å². The topological polar surface area (TPSA) is 29.5 Å². The van der Waals surface area contributed by atoms with Crippen LogP contribution in [0.15, 0.2) is 0 Å². The summed E-state index contributed by atoms with van der Waals surface area (Å²) in [5.41, 5.74) is 0. The monoisotopic (exact) mass is 199 g/mol. The molecule has 0 aromatic heterocycles. The van der Waals surface area contributed by atoms with E-state index in [4.69, 9.17) is 4.74 Å². The zero-order valence-electron chi connectivity index (χ0n) is 9.45. The molecule has 0 aromatic rings. The molecular weight excluding hydrogens is 178 g/mol. The van der Waals surface area contributed by atoms with Crippen LogP contribution in [0.3, 0.4) is 0 Å². The number of rotatable bonds is 4. The van der Waals surface area contributed by atoms with Crippen LogP contribution in [0.25, 0.3) is 0 Å². The fraction of sp³-hybridized carbons (Fsp3) is 0.909. The fourth-order valence-corrected chi connectivity index (χ4v) is 2.18. The Hall–Kier alpha value is -0.570. The second-order valence-electron chi connectivity index (χ2n) is 4.14. The fourth-order valence-electron chi connectivity index (χ4n) is 2.18. The van der Waals surface area contributed by atoms with E-state index in [2.05, 4.69) is 11.8 Å². The van der Waals surface area contributed by atoms with Crippen molar-refractivity contribution in [1.29, 1.82) is 0 Å². The molecule has 1 aliphatic rings. The van der Waals surface area contributed by atoms with E-state index in [-0.39, 0.29) is 12.0 Å². The van der Waals surface area contributed by atoms with Crippen molar-refractivity contribution in [2.24, 2.45) is 5.92 Å². The Kier molecular flexibility index (Phi) is 4.39. The number of likely N-dealkylation sites (tertiary alicyclic amines) is 1. The smallest absolute Gasteiger partial charge is 0.322 e. The van der Waals surface area contributed by atoms with Gasteiger partial charge in [-0.3, -0.25) is 9.69 Å². The summed E-state index contributed by atoms with van der Waals surface area (Å²) in [6.45, 7) is 6.25. The predicted molar refractivity (Wildman–Crippen MR) is 56.1 cm³/mol. The Morgan fingerprint density at radius 2 is 2.36 bits per heavy atom. The molecule has 1 heterocycles. The van der Waals surface area contributed by atoms with Crippen LogP contribution in [0.1, 0.15) is 33.1 Å². The lowest BCUT2D eigenvalue weighted by Gasteiger charge is -2.21. The van der Waals surface area contributed by atoms with Crippen molar-refractivity contribution in [3.05, 3.63) is 0 Å². The van der Waals surface area contributed by atoms with Gasteiger partial charge in [-0.1, -0.05) is 13.3 Å². The minimum absolute atomic E-state index is 0.0677. The number of hydrogen-bond donors (Lipinski definition) is 0. The van der Waals surface area contributed by atoms with Crippen LogP contribution >= 0.6 is 0 Å². The Balaban J connectivity index is 2.37. The van der Waals surface area contributed by atoms with Gasteiger partial charge in [0.1, 0.15) is 6.04 Å². The van der Waals surface area contributed by atoms with Crippen molar-refractivity contribution in [3.63, 3.8) is 0 Å². The zero-order valence-corrected chi connectivity index (χ0v) is 9.45. The third-order valence-electron chi connectivity index (χ3n) is 3.10. The number of nitrogens with zero attached hydrogens (tertiary/aromatic N) is 1. The van der Waals surface area contributed by atoms with Crippen molar-refractivity contribution in [2.45, 2.75) is 39.2 Å². The van der Waals surface area contributed by atoms with Crippen molar-refractivity contribution in [3.8, 4) is 0 Å². The first-order valence-corrected chi connectivity index (χ1v) is 5.51. The van der Waals surface area contributed by atoms with E-state index in [1.165, 1.54) is 26.4 Å². The average Bonchev–Trinajstić information content (AvgIpc) is 2.64. The summed E-state index contributed by atoms with van der Waals surface area (Å²) in [5, 5.41) is 0. The molecule has 2 unspecified atom stereocenters. The maximum absolute atomic E-state index is 11.3. The summed E-state index contributed by atoms with van der Waals surface area (Å²) in [4.78, 5) is 13.5. The van der Waals surface area contributed by atoms with Gasteiger partial charge < -0.3 is 4.74 Å². The lowest BCUT2D eigenvalue weighted by molar-refractivity contribution is -0.145. The number of carbonyl (C=O) groups is 1. The average molecular weight is 199 g/mol. The van der Waals surface area contributed by atoms with Gasteiger partial charge in [0.05, 0.1) is 7.11 Å². The first-order chi connectivity index (χ1) is 6.69. The number of methoxy groups -OCH3 is 1. The van der Waals surface area contributed by atoms with E-state index in [1.54, 1.807) is 0 Å². The molecule has 0 spiro atoms. The highest BCUT2D eigenvalue weighted by molar-refractivity contribution is 5.75. The van der Waals surface area contributed by atoms with E-state index in [0.717, 1.165) is 19.0 Å². The number of carbonyl (C=O) groups excluding carboxylic acids is 1. The lowest BCUT2D eigenvalue weighted by Crippen LogP contribution is -2.38. The van der Waals surface area contributed by atoms with E-state index < -0.39 is 0 Å². The molecule has 0 saturated carbocycles. The molecule has 0 aliphatic carbocycles. The first kappa shape index (κ1) is 11.5. The van der Waals surface area contributed by atoms with Gasteiger partial charge in [-0.15, -0.1) is 0 Å². The van der Waals surface area contributed by atoms with Crippen LogP contribution in [-0.4, -0.2) is 37.1 Å². The molecule has 82 valence electrons. The molecule has 2 atom stereocenters. The van der Waals surface area contributed by atoms with E-state index in [0.29, 0.717) is 0 Å². The van der Waals surface area contributed by atoms with Crippen molar-refractivity contribution < 1.29 is 9.53 Å². The Bertz CT molecular complexity index is 194. The lowest BCUT2D eigenvalue weighted by atomic mass is 10.0. The Morgan fingerprint density at radius 1 is 1.64 bits per heavy atom. The number of ether oxygens (including phenoxy) is 1. The molecular formula is C11H21NO2. The summed E-state index contributed by atoms with van der Waals surface area (Å²) < 4.78 is 4.74. The molecule has 14 heavy (non-hydrogen) atoms. The van der Waals surface area contributed by atoms with Gasteiger partial charge in [-0.25, -0.2) is 0 Å². The Labute approximate surface area is 86.4 Å². The standard InChI is InChI=1S/C11H21NO2/c1-4-5-10-6-7-12(8-10)9(2)11(13)14-3/h9-10H,4-8H2,1-3H3. The number of esters is 1. The van der Waals surface area contributed by atoms with Gasteiger partial charge in [0.25, 0.3) is 0 Å². The number of hydrogen-bond acceptors (Lipinski definition) is 3. The highest BCUT2D eigenvalue weighted by Crippen LogP contribution is 2.22. The summed E-state index contributed by atoms with van der Waals surface area (Å²) in [6, 6.07) is -0.0677. The maximum Gasteiger partial charge on any atom is 0.322 e. The normalized spacial score (nSPS) is 24.9. The van der Waals surface area contributed by atoms with Crippen LogP contribution in [-0.2, 0) is 9.53 Å². The largest absolute Gasteiger partial charge is 0.468 e. The van der Waals surface area contributed by atoms with Crippen molar-refractivity contribution >= 4 is 5.97 Å². The quantitative estimate of drug-likeness (QED) is 0.645. The molecule has 0 amide bonds. The van der Waals surface area contributed by atoms with Crippen LogP contribution < -0.4 is 0 Å². The summed E-state index contributed by atoms with van der Waals surface area (Å²) in [5.74, 6) is 0.675. The Morgan fingerprint density at radius 3 is 2.93 bits per heavy atom. The van der Waals surface area contributed by atoms with Gasteiger partial charge in [-0.2, -0.15) is 0 Å². The van der Waals surface area contributed by atoms with Gasteiger partial charge in [0.2, 0.25) is 0 Å². The van der Waals surface area contributed by atoms with E-state index >= 15 is 0 Å². The highest BCUT2D eigenvalue weighted by atomic mass is 16.5. The predicted octanol–water partition coefficient (Wildman–Crippen LogP) is 1.67. The van der Waals surface area contributed by atoms with Gasteiger partial charge in [-0.05, 0) is 32.2 Å². The third-order valence-corrected chi connectivity index (χ3v) is 3.10.